The van der Waals surface area contributed by atoms with Gasteiger partial charge in [-0.1, -0.05) is 52.4 Å². The molecule has 0 aromatic rings. The molecule has 4 nitrogen and oxygen atoms in total. The van der Waals surface area contributed by atoms with Crippen LogP contribution in [0.1, 0.15) is 78.1 Å². The molecule has 0 bridgehead atoms. The van der Waals surface area contributed by atoms with Crippen molar-refractivity contribution in [3.05, 3.63) is 0 Å². The highest BCUT2D eigenvalue weighted by Gasteiger charge is 2.42. The van der Waals surface area contributed by atoms with E-state index in [2.05, 4.69) is 19.2 Å². The number of amides is 1. The Morgan fingerprint density at radius 3 is 2.55 bits per heavy atom. The van der Waals surface area contributed by atoms with Gasteiger partial charge in [-0.25, -0.2) is 4.79 Å². The Kier molecular flexibility index (Phi) is 7.03. The minimum absolute atomic E-state index is 0.0991. The predicted molar refractivity (Wildman–Crippen MR) is 79.5 cm³/mol. The van der Waals surface area contributed by atoms with E-state index < -0.39 is 11.5 Å². The van der Waals surface area contributed by atoms with Crippen molar-refractivity contribution in [2.75, 3.05) is 0 Å². The molecule has 116 valence electrons. The van der Waals surface area contributed by atoms with Gasteiger partial charge >= 0.3 is 5.97 Å². The van der Waals surface area contributed by atoms with Gasteiger partial charge in [-0.2, -0.15) is 0 Å². The number of carboxylic acid groups (broad SMARTS) is 1. The van der Waals surface area contributed by atoms with Gasteiger partial charge in [0.25, 0.3) is 0 Å². The third-order valence-corrected chi connectivity index (χ3v) is 4.29. The number of nitrogens with one attached hydrogen (secondary N) is 1. The van der Waals surface area contributed by atoms with Crippen molar-refractivity contribution in [2.45, 2.75) is 83.6 Å². The maximum Gasteiger partial charge on any atom is 0.329 e. The summed E-state index contributed by atoms with van der Waals surface area (Å²) in [4.78, 5) is 23.5. The van der Waals surface area contributed by atoms with Crippen molar-refractivity contribution < 1.29 is 14.7 Å². The fourth-order valence-electron chi connectivity index (χ4n) is 3.13. The zero-order chi connectivity index (χ0) is 15.0. The van der Waals surface area contributed by atoms with Gasteiger partial charge in [0.05, 0.1) is 0 Å². The first-order chi connectivity index (χ1) is 9.50. The Hall–Kier alpha value is -1.06. The van der Waals surface area contributed by atoms with E-state index in [9.17, 15) is 14.7 Å². The average Bonchev–Trinajstić information content (AvgIpc) is 2.38. The number of carboxylic acids is 1. The van der Waals surface area contributed by atoms with Gasteiger partial charge in [-0.15, -0.1) is 0 Å². The van der Waals surface area contributed by atoms with Crippen LogP contribution in [0.3, 0.4) is 0 Å². The normalized spacial score (nSPS) is 26.2. The fourth-order valence-corrected chi connectivity index (χ4v) is 3.13. The van der Waals surface area contributed by atoms with E-state index in [0.29, 0.717) is 25.2 Å². The molecule has 0 heterocycles. The third-order valence-electron chi connectivity index (χ3n) is 4.29. The highest BCUT2D eigenvalue weighted by atomic mass is 16.4. The van der Waals surface area contributed by atoms with Crippen molar-refractivity contribution in [3.63, 3.8) is 0 Å². The van der Waals surface area contributed by atoms with Crippen molar-refractivity contribution in [1.29, 1.82) is 0 Å². The minimum atomic E-state index is -1.02. The zero-order valence-electron chi connectivity index (χ0n) is 12.9. The first-order valence-electron chi connectivity index (χ1n) is 8.04. The van der Waals surface area contributed by atoms with E-state index in [1.54, 1.807) is 0 Å². The summed E-state index contributed by atoms with van der Waals surface area (Å²) < 4.78 is 0. The second kappa shape index (κ2) is 8.28. The molecular weight excluding hydrogens is 254 g/mol. The Bertz CT molecular complexity index is 330. The monoisotopic (exact) mass is 283 g/mol. The minimum Gasteiger partial charge on any atom is -0.480 e. The molecule has 1 amide bonds. The Morgan fingerprint density at radius 1 is 1.25 bits per heavy atom. The molecule has 1 aliphatic carbocycles. The van der Waals surface area contributed by atoms with E-state index in [4.69, 9.17) is 0 Å². The van der Waals surface area contributed by atoms with E-state index in [-0.39, 0.29) is 5.91 Å². The van der Waals surface area contributed by atoms with Gasteiger partial charge in [-0.05, 0) is 25.2 Å². The molecule has 0 aromatic heterocycles. The number of carbonyl (C=O) groups is 2. The van der Waals surface area contributed by atoms with Crippen LogP contribution in [0.4, 0.5) is 0 Å². The van der Waals surface area contributed by atoms with Gasteiger partial charge in [-0.3, -0.25) is 4.79 Å². The summed E-state index contributed by atoms with van der Waals surface area (Å²) in [5.74, 6) is -0.605. The van der Waals surface area contributed by atoms with E-state index >= 15 is 0 Å². The SMILES string of the molecule is CCCCCCCC(=O)NC1(C(=O)O)CCCC(C)C1. The van der Waals surface area contributed by atoms with Crippen molar-refractivity contribution in [1.82, 2.24) is 5.32 Å². The Labute approximate surface area is 122 Å². The maximum atomic E-state index is 12.0. The van der Waals surface area contributed by atoms with Crippen LogP contribution >= 0.6 is 0 Å². The number of rotatable bonds is 8. The first-order valence-corrected chi connectivity index (χ1v) is 8.04. The highest BCUT2D eigenvalue weighted by molar-refractivity contribution is 5.87. The number of aliphatic carboxylic acids is 1. The fraction of sp³-hybridized carbons (Fsp3) is 0.875. The molecule has 20 heavy (non-hydrogen) atoms. The number of hydrogen-bond acceptors (Lipinski definition) is 2. The van der Waals surface area contributed by atoms with Gasteiger partial charge in [0, 0.05) is 6.42 Å². The lowest BCUT2D eigenvalue weighted by Crippen LogP contribution is -2.56. The number of carbonyl (C=O) groups excluding carboxylic acids is 1. The van der Waals surface area contributed by atoms with Gasteiger partial charge in [0.15, 0.2) is 0 Å². The predicted octanol–water partition coefficient (Wildman–Crippen LogP) is 3.50. The molecule has 1 rings (SSSR count). The lowest BCUT2D eigenvalue weighted by Gasteiger charge is -2.37. The summed E-state index contributed by atoms with van der Waals surface area (Å²) in [5.41, 5.74) is -1.02. The molecule has 1 saturated carbocycles. The molecule has 2 atom stereocenters. The quantitative estimate of drug-likeness (QED) is 0.670. The summed E-state index contributed by atoms with van der Waals surface area (Å²) in [6, 6.07) is 0. The summed E-state index contributed by atoms with van der Waals surface area (Å²) in [5, 5.41) is 12.3. The maximum absolute atomic E-state index is 12.0. The van der Waals surface area contributed by atoms with Gasteiger partial charge in [0.1, 0.15) is 5.54 Å². The third kappa shape index (κ3) is 5.14. The second-order valence-corrected chi connectivity index (χ2v) is 6.30. The van der Waals surface area contributed by atoms with E-state index in [1.165, 1.54) is 12.8 Å². The Balaban J connectivity index is 2.41. The lowest BCUT2D eigenvalue weighted by atomic mass is 9.76. The van der Waals surface area contributed by atoms with Crippen LogP contribution < -0.4 is 5.32 Å². The van der Waals surface area contributed by atoms with Crippen LogP contribution in [0.5, 0.6) is 0 Å². The van der Waals surface area contributed by atoms with Crippen LogP contribution in [0.2, 0.25) is 0 Å². The van der Waals surface area contributed by atoms with Crippen molar-refractivity contribution in [3.8, 4) is 0 Å². The van der Waals surface area contributed by atoms with Crippen LogP contribution in [0, 0.1) is 5.92 Å². The summed E-state index contributed by atoms with van der Waals surface area (Å²) in [7, 11) is 0. The largest absolute Gasteiger partial charge is 0.480 e. The van der Waals surface area contributed by atoms with Crippen LogP contribution in [-0.2, 0) is 9.59 Å². The molecule has 0 aliphatic heterocycles. The summed E-state index contributed by atoms with van der Waals surface area (Å²) in [6.07, 6.45) is 8.97. The summed E-state index contributed by atoms with van der Waals surface area (Å²) >= 11 is 0. The molecule has 4 heteroatoms. The van der Waals surface area contributed by atoms with Crippen molar-refractivity contribution >= 4 is 11.9 Å². The first kappa shape index (κ1) is 17.0. The molecule has 1 aliphatic rings. The molecule has 2 unspecified atom stereocenters. The zero-order valence-corrected chi connectivity index (χ0v) is 12.9. The molecule has 0 aromatic carbocycles. The lowest BCUT2D eigenvalue weighted by molar-refractivity contribution is -0.150. The van der Waals surface area contributed by atoms with Gasteiger partial charge in [0.2, 0.25) is 5.91 Å². The van der Waals surface area contributed by atoms with Crippen LogP contribution in [-0.4, -0.2) is 22.5 Å². The van der Waals surface area contributed by atoms with E-state index in [1.807, 2.05) is 0 Å². The standard InChI is InChI=1S/C16H29NO3/c1-3-4-5-6-7-10-14(18)17-16(15(19)20)11-8-9-13(2)12-16/h13H,3-12H2,1-2H3,(H,17,18)(H,19,20). The summed E-state index contributed by atoms with van der Waals surface area (Å²) in [6.45, 7) is 4.22. The van der Waals surface area contributed by atoms with E-state index in [0.717, 1.165) is 32.1 Å². The molecule has 0 saturated heterocycles. The van der Waals surface area contributed by atoms with Crippen LogP contribution in [0.25, 0.3) is 0 Å². The molecule has 0 radical (unpaired) electrons. The number of hydrogen-bond donors (Lipinski definition) is 2. The van der Waals surface area contributed by atoms with Crippen LogP contribution in [0.15, 0.2) is 0 Å². The topological polar surface area (TPSA) is 66.4 Å². The van der Waals surface area contributed by atoms with Crippen molar-refractivity contribution in [2.24, 2.45) is 5.92 Å². The number of unbranched alkanes of at least 4 members (excludes halogenated alkanes) is 4. The van der Waals surface area contributed by atoms with Gasteiger partial charge < -0.3 is 10.4 Å². The molecule has 1 fully saturated rings. The second-order valence-electron chi connectivity index (χ2n) is 6.30. The Morgan fingerprint density at radius 2 is 1.95 bits per heavy atom. The highest BCUT2D eigenvalue weighted by Crippen LogP contribution is 2.32. The molecule has 2 N–H and O–H groups in total. The molecule has 0 spiro atoms. The smallest absolute Gasteiger partial charge is 0.329 e. The average molecular weight is 283 g/mol. The molecular formula is C16H29NO3.